The Bertz CT molecular complexity index is 68.9. The van der Waals surface area contributed by atoms with Crippen molar-refractivity contribution in [2.45, 2.75) is 25.8 Å². The normalized spacial score (nSPS) is 14.9. The smallest absolute Gasteiger partial charge is 0.0394 e. The fourth-order valence-electron chi connectivity index (χ4n) is 0.599. The fraction of sp³-hybridized carbons (Fsp3) is 0.833. The van der Waals surface area contributed by atoms with E-state index in [0.717, 1.165) is 12.8 Å². The minimum atomic E-state index is 0.171. The monoisotopic (exact) mass is 114 g/mol. The van der Waals surface area contributed by atoms with Gasteiger partial charge in [0.1, 0.15) is 0 Å². The Morgan fingerprint density at radius 3 is 2.75 bits per heavy atom. The van der Waals surface area contributed by atoms with Crippen molar-refractivity contribution in [1.82, 2.24) is 0 Å². The van der Waals surface area contributed by atoms with Crippen LogP contribution in [0.4, 0.5) is 0 Å². The Morgan fingerprint density at radius 2 is 2.38 bits per heavy atom. The highest BCUT2D eigenvalue weighted by atomic mass is 14.7. The van der Waals surface area contributed by atoms with Crippen LogP contribution in [-0.2, 0) is 0 Å². The van der Waals surface area contributed by atoms with Crippen molar-refractivity contribution < 1.29 is 0 Å². The van der Waals surface area contributed by atoms with E-state index >= 15 is 0 Å². The molecule has 0 rings (SSSR count). The molecular formula is C6H14N2. The first-order valence-corrected chi connectivity index (χ1v) is 2.99. The number of aliphatic imine (C=N–C) groups is 1. The molecule has 0 fully saturated rings. The van der Waals surface area contributed by atoms with Crippen molar-refractivity contribution in [3.8, 4) is 0 Å². The van der Waals surface area contributed by atoms with E-state index in [1.807, 2.05) is 0 Å². The van der Waals surface area contributed by atoms with Crippen molar-refractivity contribution in [3.05, 3.63) is 0 Å². The van der Waals surface area contributed by atoms with E-state index in [-0.39, 0.29) is 6.04 Å². The van der Waals surface area contributed by atoms with Crippen LogP contribution in [0, 0.1) is 0 Å². The predicted octanol–water partition coefficient (Wildman–Crippen LogP) is 0.814. The standard InChI is InChI=1S/C6H14N2/c1-3-4-6(7)5-8-2/h5-6H,3-4,7H2,1-2H3. The second kappa shape index (κ2) is 4.78. The first-order chi connectivity index (χ1) is 3.81. The van der Waals surface area contributed by atoms with Crippen LogP contribution in [0.2, 0.25) is 0 Å². The maximum atomic E-state index is 5.55. The van der Waals surface area contributed by atoms with E-state index in [1.54, 1.807) is 13.3 Å². The molecule has 1 unspecified atom stereocenters. The van der Waals surface area contributed by atoms with E-state index in [1.165, 1.54) is 0 Å². The molecule has 0 amide bonds. The first-order valence-electron chi connectivity index (χ1n) is 2.99. The van der Waals surface area contributed by atoms with Crippen LogP contribution < -0.4 is 5.73 Å². The van der Waals surface area contributed by atoms with Crippen LogP contribution in [-0.4, -0.2) is 19.3 Å². The minimum Gasteiger partial charge on any atom is -0.323 e. The molecule has 2 nitrogen and oxygen atoms in total. The highest BCUT2D eigenvalue weighted by molar-refractivity contribution is 5.63. The van der Waals surface area contributed by atoms with Gasteiger partial charge in [-0.2, -0.15) is 0 Å². The van der Waals surface area contributed by atoms with Gasteiger partial charge in [0.25, 0.3) is 0 Å². The van der Waals surface area contributed by atoms with Crippen LogP contribution in [0.15, 0.2) is 4.99 Å². The number of nitrogens with zero attached hydrogens (tertiary/aromatic N) is 1. The van der Waals surface area contributed by atoms with Crippen LogP contribution >= 0.6 is 0 Å². The van der Waals surface area contributed by atoms with Crippen LogP contribution in [0.25, 0.3) is 0 Å². The summed E-state index contributed by atoms with van der Waals surface area (Å²) >= 11 is 0. The molecule has 1 atom stereocenters. The zero-order valence-corrected chi connectivity index (χ0v) is 5.59. The quantitative estimate of drug-likeness (QED) is 0.542. The molecule has 0 aromatic heterocycles. The lowest BCUT2D eigenvalue weighted by molar-refractivity contribution is 0.740. The Kier molecular flexibility index (Phi) is 4.56. The maximum Gasteiger partial charge on any atom is 0.0394 e. The zero-order chi connectivity index (χ0) is 6.41. The van der Waals surface area contributed by atoms with Gasteiger partial charge in [0.15, 0.2) is 0 Å². The first kappa shape index (κ1) is 7.63. The number of hydrogen-bond donors (Lipinski definition) is 1. The minimum absolute atomic E-state index is 0.171. The van der Waals surface area contributed by atoms with Gasteiger partial charge in [-0.25, -0.2) is 0 Å². The molecule has 0 saturated heterocycles. The Hall–Kier alpha value is -0.370. The Balaban J connectivity index is 3.17. The number of nitrogens with two attached hydrogens (primary N) is 1. The van der Waals surface area contributed by atoms with E-state index in [9.17, 15) is 0 Å². The summed E-state index contributed by atoms with van der Waals surface area (Å²) in [6.07, 6.45) is 3.95. The topological polar surface area (TPSA) is 38.4 Å². The number of hydrogen-bond acceptors (Lipinski definition) is 2. The summed E-state index contributed by atoms with van der Waals surface area (Å²) in [6, 6.07) is 0.171. The second-order valence-electron chi connectivity index (χ2n) is 1.86. The van der Waals surface area contributed by atoms with Crippen molar-refractivity contribution in [3.63, 3.8) is 0 Å². The van der Waals surface area contributed by atoms with Crippen molar-refractivity contribution in [2.24, 2.45) is 10.7 Å². The van der Waals surface area contributed by atoms with Crippen LogP contribution in [0.1, 0.15) is 19.8 Å². The Labute approximate surface area is 50.8 Å². The largest absolute Gasteiger partial charge is 0.323 e. The molecule has 0 radical (unpaired) electrons. The molecule has 0 aliphatic heterocycles. The average molecular weight is 114 g/mol. The van der Waals surface area contributed by atoms with Gasteiger partial charge in [-0.05, 0) is 6.42 Å². The zero-order valence-electron chi connectivity index (χ0n) is 5.59. The van der Waals surface area contributed by atoms with Gasteiger partial charge in [-0.3, -0.25) is 4.99 Å². The third-order valence-corrected chi connectivity index (χ3v) is 0.963. The van der Waals surface area contributed by atoms with E-state index in [2.05, 4.69) is 11.9 Å². The number of rotatable bonds is 3. The van der Waals surface area contributed by atoms with Gasteiger partial charge < -0.3 is 5.73 Å². The summed E-state index contributed by atoms with van der Waals surface area (Å²) in [5, 5.41) is 0. The van der Waals surface area contributed by atoms with Gasteiger partial charge in [0.05, 0.1) is 0 Å². The van der Waals surface area contributed by atoms with Gasteiger partial charge in [0, 0.05) is 19.3 Å². The SMILES string of the molecule is CCCC(N)C=NC. The van der Waals surface area contributed by atoms with Crippen molar-refractivity contribution >= 4 is 6.21 Å². The lowest BCUT2D eigenvalue weighted by Gasteiger charge is -1.99. The van der Waals surface area contributed by atoms with E-state index < -0.39 is 0 Å². The predicted molar refractivity (Wildman–Crippen MR) is 37.3 cm³/mol. The molecule has 0 aliphatic rings. The average Bonchev–Trinajstić information content (AvgIpc) is 1.68. The summed E-state index contributed by atoms with van der Waals surface area (Å²) in [5.74, 6) is 0. The van der Waals surface area contributed by atoms with Crippen LogP contribution in [0.5, 0.6) is 0 Å². The molecule has 0 saturated carbocycles. The molecule has 0 spiro atoms. The van der Waals surface area contributed by atoms with Gasteiger partial charge >= 0.3 is 0 Å². The molecular weight excluding hydrogens is 100 g/mol. The summed E-state index contributed by atoms with van der Waals surface area (Å²) in [6.45, 7) is 2.11. The third-order valence-electron chi connectivity index (χ3n) is 0.963. The van der Waals surface area contributed by atoms with E-state index in [4.69, 9.17) is 5.73 Å². The molecule has 0 aliphatic carbocycles. The molecule has 8 heavy (non-hydrogen) atoms. The highest BCUT2D eigenvalue weighted by Gasteiger charge is 1.91. The molecule has 2 heteroatoms. The van der Waals surface area contributed by atoms with Crippen molar-refractivity contribution in [2.75, 3.05) is 7.05 Å². The van der Waals surface area contributed by atoms with Gasteiger partial charge in [-0.15, -0.1) is 0 Å². The molecule has 48 valence electrons. The maximum absolute atomic E-state index is 5.55. The fourth-order valence-corrected chi connectivity index (χ4v) is 0.599. The molecule has 0 aromatic rings. The second-order valence-corrected chi connectivity index (χ2v) is 1.86. The van der Waals surface area contributed by atoms with Crippen LogP contribution in [0.3, 0.4) is 0 Å². The van der Waals surface area contributed by atoms with Gasteiger partial charge in [0.2, 0.25) is 0 Å². The summed E-state index contributed by atoms with van der Waals surface area (Å²) in [5.41, 5.74) is 5.55. The van der Waals surface area contributed by atoms with E-state index in [0.29, 0.717) is 0 Å². The molecule has 0 aromatic carbocycles. The highest BCUT2D eigenvalue weighted by Crippen LogP contribution is 1.88. The Morgan fingerprint density at radius 1 is 1.75 bits per heavy atom. The molecule has 2 N–H and O–H groups in total. The summed E-state index contributed by atoms with van der Waals surface area (Å²) < 4.78 is 0. The molecule has 0 heterocycles. The molecule has 0 bridgehead atoms. The van der Waals surface area contributed by atoms with Crippen molar-refractivity contribution in [1.29, 1.82) is 0 Å². The lowest BCUT2D eigenvalue weighted by atomic mass is 10.2. The third kappa shape index (κ3) is 3.81. The summed E-state index contributed by atoms with van der Waals surface area (Å²) in [4.78, 5) is 3.80. The summed E-state index contributed by atoms with van der Waals surface area (Å²) in [7, 11) is 1.75. The lowest BCUT2D eigenvalue weighted by Crippen LogP contribution is -2.20. The van der Waals surface area contributed by atoms with Gasteiger partial charge in [-0.1, -0.05) is 13.3 Å².